The molecule has 2 fully saturated rings. The Morgan fingerprint density at radius 1 is 1.14 bits per heavy atom. The first-order valence-electron chi connectivity index (χ1n) is 9.51. The van der Waals surface area contributed by atoms with E-state index >= 15 is 0 Å². The molecule has 4 N–H and O–H groups in total. The monoisotopic (exact) mass is 744 g/mol. The van der Waals surface area contributed by atoms with Gasteiger partial charge in [-0.1, -0.05) is 19.3 Å². The summed E-state index contributed by atoms with van der Waals surface area (Å²) in [4.78, 5) is 12.9. The molecule has 12 heteroatoms. The summed E-state index contributed by atoms with van der Waals surface area (Å²) in [6.07, 6.45) is 5.31. The van der Waals surface area contributed by atoms with Gasteiger partial charge in [0.05, 0.1) is 12.9 Å². The van der Waals surface area contributed by atoms with Gasteiger partial charge >= 0.3 is 50.5 Å². The molecule has 0 aromatic carbocycles. The summed E-state index contributed by atoms with van der Waals surface area (Å²) in [5.41, 5.74) is 1.11. The maximum atomic E-state index is 10.2. The third kappa shape index (κ3) is 5.79. The van der Waals surface area contributed by atoms with Gasteiger partial charge < -0.3 is 25.4 Å². The Labute approximate surface area is 199 Å². The second kappa shape index (κ2) is 11.8. The number of hydrogen-bond donors (Lipinski definition) is 4. The van der Waals surface area contributed by atoms with Crippen molar-refractivity contribution in [2.75, 3.05) is 18.5 Å². The minimum atomic E-state index is -1.17. The quantitative estimate of drug-likeness (QED) is 0.294. The molecular weight excluding hydrogens is 719 g/mol. The molecule has 164 valence electrons. The largest absolute Gasteiger partial charge is 0.394 e. The van der Waals surface area contributed by atoms with Crippen molar-refractivity contribution >= 4 is 54.2 Å². The first-order chi connectivity index (χ1) is 14.1. The Morgan fingerprint density at radius 3 is 2.52 bits per heavy atom. The van der Waals surface area contributed by atoms with Crippen LogP contribution < -0.4 is 18.6 Å². The molecule has 0 amide bonds. The Kier molecular flexibility index (Phi) is 9.82. The van der Waals surface area contributed by atoms with Crippen molar-refractivity contribution in [2.24, 2.45) is 5.92 Å². The topological polar surface area (TPSA) is 126 Å². The number of fused-ring (bicyclic) bond motifs is 1. The second-order valence-corrected chi connectivity index (χ2v) is 23.5. The van der Waals surface area contributed by atoms with Gasteiger partial charge in [0, 0.05) is 6.54 Å². The van der Waals surface area contributed by atoms with E-state index in [2.05, 4.69) is 57.5 Å². The molecule has 29 heavy (non-hydrogen) atoms. The molecule has 9 nitrogen and oxygen atoms in total. The van der Waals surface area contributed by atoms with E-state index in [0.29, 0.717) is 36.2 Å². The standard InChI is InChI=1S/C17H25N5O4.I3/c23-7-11-13(24)14(25)17(26-11)22-9-21-12-15(19-8-20-16(12)22)18-6-10-4-2-1-3-5-10;1-3-2/h8-11,13-14,17,23-25H,1-7H2,(H,18,19,20);/q;-1/t11-,13?,14+,17-;/m1./s1. The predicted molar refractivity (Wildman–Crippen MR) is 121 cm³/mol. The van der Waals surface area contributed by atoms with Crippen LogP contribution >= 0.6 is 37.2 Å². The molecule has 0 bridgehead atoms. The normalized spacial score (nSPS) is 27.8. The van der Waals surface area contributed by atoms with Gasteiger partial charge in [-0.05, 0) is 18.8 Å². The van der Waals surface area contributed by atoms with Crippen molar-refractivity contribution in [3.05, 3.63) is 12.7 Å². The minimum absolute atomic E-state index is 0.371. The number of aromatic nitrogens is 4. The zero-order valence-corrected chi connectivity index (χ0v) is 22.1. The number of imidazole rings is 1. The van der Waals surface area contributed by atoms with Crippen LogP contribution in [0.4, 0.5) is 5.82 Å². The van der Waals surface area contributed by atoms with Gasteiger partial charge in [0.25, 0.3) is 0 Å². The van der Waals surface area contributed by atoms with Crippen molar-refractivity contribution in [1.82, 2.24) is 19.5 Å². The van der Waals surface area contributed by atoms with Gasteiger partial charge in [-0.25, -0.2) is 15.0 Å². The number of rotatable bonds is 5. The maximum absolute atomic E-state index is 10.2. The summed E-state index contributed by atoms with van der Waals surface area (Å²) in [5.74, 6) is 1.31. The summed E-state index contributed by atoms with van der Waals surface area (Å²) < 4.78 is 7.15. The number of hydrogen-bond acceptors (Lipinski definition) is 8. The van der Waals surface area contributed by atoms with Crippen LogP contribution in [0.25, 0.3) is 11.2 Å². The first kappa shape index (κ1) is 24.0. The molecule has 4 atom stereocenters. The van der Waals surface area contributed by atoms with Crippen LogP contribution in [-0.2, 0) is 4.74 Å². The predicted octanol–water partition coefficient (Wildman–Crippen LogP) is -0.795. The van der Waals surface area contributed by atoms with Crippen molar-refractivity contribution in [3.8, 4) is 0 Å². The SMILES string of the molecule is I[I-]I.OC[C@H]1O[C@@H](n2cnc3c(NCC4CCCCC4)ncnc32)[C@@H](O)C1O. The van der Waals surface area contributed by atoms with E-state index in [0.717, 1.165) is 6.54 Å². The molecule has 1 aliphatic carbocycles. The van der Waals surface area contributed by atoms with Crippen LogP contribution in [0.1, 0.15) is 38.3 Å². The number of aliphatic hydroxyl groups is 3. The second-order valence-electron chi connectivity index (χ2n) is 7.21. The van der Waals surface area contributed by atoms with Gasteiger partial charge in [-0.3, -0.25) is 4.57 Å². The Balaban J connectivity index is 0.000000755. The molecule has 1 aliphatic heterocycles. The molecule has 1 saturated carbocycles. The average Bonchev–Trinajstić information content (AvgIpc) is 3.29. The minimum Gasteiger partial charge on any atom is -0.394 e. The molecule has 2 aromatic rings. The summed E-state index contributed by atoms with van der Waals surface area (Å²) in [5, 5.41) is 32.9. The van der Waals surface area contributed by atoms with Crippen LogP contribution in [0.5, 0.6) is 0 Å². The molecule has 3 heterocycles. The molecule has 2 aromatic heterocycles. The van der Waals surface area contributed by atoms with E-state index < -0.39 is 24.5 Å². The fraction of sp³-hybridized carbons (Fsp3) is 0.706. The zero-order chi connectivity index (χ0) is 20.8. The van der Waals surface area contributed by atoms with E-state index in [1.54, 1.807) is 4.57 Å². The smallest absolute Gasteiger partial charge is 0.167 e. The number of nitrogens with one attached hydrogen (secondary N) is 1. The van der Waals surface area contributed by atoms with E-state index in [4.69, 9.17) is 4.74 Å². The van der Waals surface area contributed by atoms with Crippen molar-refractivity contribution < 1.29 is 33.3 Å². The van der Waals surface area contributed by atoms with Crippen LogP contribution in [0.3, 0.4) is 0 Å². The van der Waals surface area contributed by atoms with Gasteiger partial charge in [0.2, 0.25) is 0 Å². The van der Waals surface area contributed by atoms with Crippen LogP contribution in [0, 0.1) is 5.92 Å². The van der Waals surface area contributed by atoms with Gasteiger partial charge in [0.1, 0.15) is 24.6 Å². The van der Waals surface area contributed by atoms with Crippen LogP contribution in [0.15, 0.2) is 12.7 Å². The summed E-state index contributed by atoms with van der Waals surface area (Å²) in [7, 11) is 0. The molecule has 0 radical (unpaired) electrons. The van der Waals surface area contributed by atoms with Crippen molar-refractivity contribution in [1.29, 1.82) is 0 Å². The third-order valence-corrected chi connectivity index (χ3v) is 5.43. The van der Waals surface area contributed by atoms with E-state index in [1.165, 1.54) is 44.8 Å². The number of nitrogens with zero attached hydrogens (tertiary/aromatic N) is 4. The van der Waals surface area contributed by atoms with E-state index in [1.807, 2.05) is 0 Å². The molecular formula is C17H25I3N5O4-. The average molecular weight is 744 g/mol. The van der Waals surface area contributed by atoms with Gasteiger partial charge in [0.15, 0.2) is 23.2 Å². The molecule has 4 rings (SSSR count). The zero-order valence-electron chi connectivity index (χ0n) is 15.7. The fourth-order valence-corrected chi connectivity index (χ4v) is 3.91. The number of halogens is 3. The summed E-state index contributed by atoms with van der Waals surface area (Å²) in [6, 6.07) is 0. The Hall–Kier alpha value is 0.380. The van der Waals surface area contributed by atoms with Crippen molar-refractivity contribution in [3.63, 3.8) is 0 Å². The van der Waals surface area contributed by atoms with Crippen LogP contribution in [0.2, 0.25) is 0 Å². The number of aliphatic hydroxyl groups excluding tert-OH is 3. The van der Waals surface area contributed by atoms with Crippen molar-refractivity contribution in [2.45, 2.75) is 56.6 Å². The summed E-state index contributed by atoms with van der Waals surface area (Å²) in [6.45, 7) is 0.483. The third-order valence-electron chi connectivity index (χ3n) is 5.43. The van der Waals surface area contributed by atoms with E-state index in [9.17, 15) is 15.3 Å². The molecule has 1 unspecified atom stereocenters. The fourth-order valence-electron chi connectivity index (χ4n) is 3.91. The Morgan fingerprint density at radius 2 is 1.86 bits per heavy atom. The number of ether oxygens (including phenoxy) is 1. The van der Waals surface area contributed by atoms with Crippen LogP contribution in [-0.4, -0.2) is 66.3 Å². The molecule has 0 spiro atoms. The maximum Gasteiger partial charge on any atom is 0.167 e. The number of anilines is 1. The first-order valence-corrected chi connectivity index (χ1v) is 22.1. The van der Waals surface area contributed by atoms with Gasteiger partial charge in [-0.15, -0.1) is 0 Å². The summed E-state index contributed by atoms with van der Waals surface area (Å²) >= 11 is 5.30. The molecule has 1 saturated heterocycles. The Bertz CT molecular complexity index is 777. The van der Waals surface area contributed by atoms with Gasteiger partial charge in [-0.2, -0.15) is 0 Å². The van der Waals surface area contributed by atoms with E-state index in [-0.39, 0.29) is 6.61 Å². The molecule has 2 aliphatic rings.